The third-order valence-corrected chi connectivity index (χ3v) is 5.45. The zero-order valence-electron chi connectivity index (χ0n) is 13.2. The van der Waals surface area contributed by atoms with Gasteiger partial charge < -0.3 is 10.2 Å². The largest absolute Gasteiger partial charge is 0.387 e. The Bertz CT molecular complexity index is 522. The Balaban J connectivity index is 1.73. The van der Waals surface area contributed by atoms with Crippen molar-refractivity contribution in [2.45, 2.75) is 45.4 Å². The van der Waals surface area contributed by atoms with Gasteiger partial charge in [0.1, 0.15) is 0 Å². The van der Waals surface area contributed by atoms with E-state index < -0.39 is 0 Å². The molecule has 0 bridgehead atoms. The van der Waals surface area contributed by atoms with Gasteiger partial charge in [-0.05, 0) is 50.2 Å². The number of aryl methyl sites for hydroxylation is 1. The van der Waals surface area contributed by atoms with E-state index in [1.807, 2.05) is 32.2 Å². The van der Waals surface area contributed by atoms with E-state index in [1.54, 1.807) is 0 Å². The number of likely N-dealkylation sites (tertiary alicyclic amines) is 1. The third-order valence-electron chi connectivity index (χ3n) is 5.45. The first-order valence-electron chi connectivity index (χ1n) is 8.21. The SMILES string of the molecule is CNc1ccc(C)cc1C(=O)N1CCC2(CCCC2)CC1. The molecular weight excluding hydrogens is 260 g/mol. The van der Waals surface area contributed by atoms with Gasteiger partial charge in [-0.15, -0.1) is 0 Å². The molecule has 3 rings (SSSR count). The predicted molar refractivity (Wildman–Crippen MR) is 86.8 cm³/mol. The van der Waals surface area contributed by atoms with E-state index in [1.165, 1.54) is 38.5 Å². The second-order valence-electron chi connectivity index (χ2n) is 6.80. The van der Waals surface area contributed by atoms with Crippen LogP contribution in [0.2, 0.25) is 0 Å². The van der Waals surface area contributed by atoms with Crippen LogP contribution in [-0.2, 0) is 0 Å². The molecular formula is C18H26N2O. The van der Waals surface area contributed by atoms with Gasteiger partial charge in [-0.2, -0.15) is 0 Å². The first kappa shape index (κ1) is 14.4. The summed E-state index contributed by atoms with van der Waals surface area (Å²) in [7, 11) is 1.88. The maximum absolute atomic E-state index is 12.8. The molecule has 1 heterocycles. The fourth-order valence-electron chi connectivity index (χ4n) is 4.03. The molecule has 1 aliphatic heterocycles. The Morgan fingerprint density at radius 2 is 1.81 bits per heavy atom. The van der Waals surface area contributed by atoms with Crippen molar-refractivity contribution in [1.82, 2.24) is 4.90 Å². The fraction of sp³-hybridized carbons (Fsp3) is 0.611. The molecule has 0 unspecified atom stereocenters. The van der Waals surface area contributed by atoms with E-state index in [0.717, 1.165) is 29.9 Å². The fourth-order valence-corrected chi connectivity index (χ4v) is 4.03. The molecule has 3 heteroatoms. The van der Waals surface area contributed by atoms with Crippen molar-refractivity contribution in [3.63, 3.8) is 0 Å². The van der Waals surface area contributed by atoms with Crippen molar-refractivity contribution in [3.05, 3.63) is 29.3 Å². The standard InChI is InChI=1S/C18H26N2O/c1-14-5-6-16(19-2)15(13-14)17(21)20-11-9-18(10-12-20)7-3-4-8-18/h5-6,13,19H,3-4,7-12H2,1-2H3. The molecule has 0 atom stereocenters. The van der Waals surface area contributed by atoms with Gasteiger partial charge in [0.15, 0.2) is 0 Å². The highest BCUT2D eigenvalue weighted by Crippen LogP contribution is 2.46. The van der Waals surface area contributed by atoms with Gasteiger partial charge in [0.25, 0.3) is 5.91 Å². The van der Waals surface area contributed by atoms with Gasteiger partial charge >= 0.3 is 0 Å². The third kappa shape index (κ3) is 2.78. The molecule has 114 valence electrons. The van der Waals surface area contributed by atoms with E-state index in [9.17, 15) is 4.79 Å². The van der Waals surface area contributed by atoms with Crippen LogP contribution in [0.3, 0.4) is 0 Å². The van der Waals surface area contributed by atoms with Crippen LogP contribution in [0.1, 0.15) is 54.4 Å². The highest BCUT2D eigenvalue weighted by atomic mass is 16.2. The summed E-state index contributed by atoms with van der Waals surface area (Å²) < 4.78 is 0. The van der Waals surface area contributed by atoms with Crippen molar-refractivity contribution in [1.29, 1.82) is 0 Å². The van der Waals surface area contributed by atoms with Crippen LogP contribution in [0.15, 0.2) is 18.2 Å². The number of nitrogens with one attached hydrogen (secondary N) is 1. The van der Waals surface area contributed by atoms with Crippen molar-refractivity contribution in [2.75, 3.05) is 25.5 Å². The highest BCUT2D eigenvalue weighted by molar-refractivity contribution is 5.99. The van der Waals surface area contributed by atoms with Gasteiger partial charge in [-0.3, -0.25) is 4.79 Å². The van der Waals surface area contributed by atoms with Gasteiger partial charge in [-0.25, -0.2) is 0 Å². The molecule has 0 radical (unpaired) electrons. The smallest absolute Gasteiger partial charge is 0.255 e. The number of piperidine rings is 1. The van der Waals surface area contributed by atoms with Crippen LogP contribution >= 0.6 is 0 Å². The molecule has 1 aliphatic carbocycles. The minimum atomic E-state index is 0.191. The minimum Gasteiger partial charge on any atom is -0.387 e. The summed E-state index contributed by atoms with van der Waals surface area (Å²) in [5.41, 5.74) is 3.46. The number of carbonyl (C=O) groups is 1. The predicted octanol–water partition coefficient (Wildman–Crippen LogP) is 3.83. The van der Waals surface area contributed by atoms with Crippen molar-refractivity contribution >= 4 is 11.6 Å². The Morgan fingerprint density at radius 3 is 2.43 bits per heavy atom. The Labute approximate surface area is 127 Å². The lowest BCUT2D eigenvalue weighted by Gasteiger charge is -2.39. The summed E-state index contributed by atoms with van der Waals surface area (Å²) in [5, 5.41) is 3.14. The van der Waals surface area contributed by atoms with Gasteiger partial charge in [-0.1, -0.05) is 24.5 Å². The van der Waals surface area contributed by atoms with Crippen LogP contribution in [0.4, 0.5) is 5.69 Å². The first-order chi connectivity index (χ1) is 10.1. The highest BCUT2D eigenvalue weighted by Gasteiger charge is 2.38. The summed E-state index contributed by atoms with van der Waals surface area (Å²) in [6, 6.07) is 6.06. The molecule has 2 fully saturated rings. The Morgan fingerprint density at radius 1 is 1.14 bits per heavy atom. The molecule has 1 aromatic carbocycles. The molecule has 1 N–H and O–H groups in total. The summed E-state index contributed by atoms with van der Waals surface area (Å²) in [6.45, 7) is 3.89. The average molecular weight is 286 g/mol. The maximum Gasteiger partial charge on any atom is 0.255 e. The summed E-state index contributed by atoms with van der Waals surface area (Å²) in [6.07, 6.45) is 7.91. The van der Waals surface area contributed by atoms with Crippen molar-refractivity contribution < 1.29 is 4.79 Å². The van der Waals surface area contributed by atoms with Crippen molar-refractivity contribution in [2.24, 2.45) is 5.41 Å². The lowest BCUT2D eigenvalue weighted by molar-refractivity contribution is 0.0588. The molecule has 21 heavy (non-hydrogen) atoms. The molecule has 1 spiro atoms. The number of nitrogens with zero attached hydrogens (tertiary/aromatic N) is 1. The number of benzene rings is 1. The summed E-state index contributed by atoms with van der Waals surface area (Å²) in [4.78, 5) is 14.9. The topological polar surface area (TPSA) is 32.3 Å². The number of anilines is 1. The number of carbonyl (C=O) groups excluding carboxylic acids is 1. The lowest BCUT2D eigenvalue weighted by atomic mass is 9.77. The lowest BCUT2D eigenvalue weighted by Crippen LogP contribution is -2.42. The Hall–Kier alpha value is -1.51. The van der Waals surface area contributed by atoms with Crippen LogP contribution in [0.25, 0.3) is 0 Å². The van der Waals surface area contributed by atoms with E-state index in [4.69, 9.17) is 0 Å². The van der Waals surface area contributed by atoms with Crippen LogP contribution in [0.5, 0.6) is 0 Å². The monoisotopic (exact) mass is 286 g/mol. The average Bonchev–Trinajstić information content (AvgIpc) is 2.95. The number of hydrogen-bond acceptors (Lipinski definition) is 2. The van der Waals surface area contributed by atoms with E-state index >= 15 is 0 Å². The molecule has 1 saturated carbocycles. The normalized spacial score (nSPS) is 20.8. The molecule has 0 aromatic heterocycles. The van der Waals surface area contributed by atoms with Crippen LogP contribution in [0, 0.1) is 12.3 Å². The number of rotatable bonds is 2. The molecule has 1 saturated heterocycles. The van der Waals surface area contributed by atoms with E-state index in [2.05, 4.69) is 10.2 Å². The van der Waals surface area contributed by atoms with Crippen LogP contribution < -0.4 is 5.32 Å². The van der Waals surface area contributed by atoms with Crippen LogP contribution in [-0.4, -0.2) is 30.9 Å². The maximum atomic E-state index is 12.8. The molecule has 3 nitrogen and oxygen atoms in total. The molecule has 2 aliphatic rings. The molecule has 1 amide bonds. The Kier molecular flexibility index (Phi) is 3.92. The second-order valence-corrected chi connectivity index (χ2v) is 6.80. The van der Waals surface area contributed by atoms with E-state index in [-0.39, 0.29) is 5.91 Å². The molecule has 1 aromatic rings. The first-order valence-corrected chi connectivity index (χ1v) is 8.21. The zero-order valence-corrected chi connectivity index (χ0v) is 13.2. The quantitative estimate of drug-likeness (QED) is 0.896. The van der Waals surface area contributed by atoms with Gasteiger partial charge in [0, 0.05) is 25.8 Å². The van der Waals surface area contributed by atoms with Crippen molar-refractivity contribution in [3.8, 4) is 0 Å². The van der Waals surface area contributed by atoms with E-state index in [0.29, 0.717) is 5.41 Å². The number of hydrogen-bond donors (Lipinski definition) is 1. The van der Waals surface area contributed by atoms with Gasteiger partial charge in [0.05, 0.1) is 5.56 Å². The minimum absolute atomic E-state index is 0.191. The zero-order chi connectivity index (χ0) is 14.9. The van der Waals surface area contributed by atoms with Gasteiger partial charge in [0.2, 0.25) is 0 Å². The number of amides is 1. The summed E-state index contributed by atoms with van der Waals surface area (Å²) >= 11 is 0. The summed E-state index contributed by atoms with van der Waals surface area (Å²) in [5.74, 6) is 0.191. The second kappa shape index (κ2) is 5.70.